The summed E-state index contributed by atoms with van der Waals surface area (Å²) in [7, 11) is 0. The first kappa shape index (κ1) is 18.0. The first-order chi connectivity index (χ1) is 11.7. The predicted molar refractivity (Wildman–Crippen MR) is 100 cm³/mol. The van der Waals surface area contributed by atoms with E-state index in [1.165, 1.54) is 18.5 Å². The Morgan fingerprint density at radius 1 is 1.32 bits per heavy atom. The number of carbonyl (C=O) groups is 1. The van der Waals surface area contributed by atoms with Gasteiger partial charge in [0.2, 0.25) is 0 Å². The molecule has 2 aromatic rings. The van der Waals surface area contributed by atoms with Crippen molar-refractivity contribution >= 4 is 18.3 Å². The van der Waals surface area contributed by atoms with Crippen molar-refractivity contribution in [1.82, 2.24) is 19.8 Å². The Balaban J connectivity index is 0.00000182. The van der Waals surface area contributed by atoms with Gasteiger partial charge in [0.15, 0.2) is 0 Å². The zero-order chi connectivity index (χ0) is 16.7. The van der Waals surface area contributed by atoms with Crippen LogP contribution in [0.15, 0.2) is 30.6 Å². The van der Waals surface area contributed by atoms with Gasteiger partial charge in [-0.25, -0.2) is 0 Å². The second-order valence-electron chi connectivity index (χ2n) is 6.89. The molecule has 2 aliphatic rings. The fraction of sp³-hybridized carbons (Fsp3) is 0.474. The lowest BCUT2D eigenvalue weighted by atomic mass is 10.0. The third kappa shape index (κ3) is 3.31. The molecule has 0 radical (unpaired) electrons. The van der Waals surface area contributed by atoms with Gasteiger partial charge in [-0.05, 0) is 44.4 Å². The van der Waals surface area contributed by atoms with Gasteiger partial charge in [-0.15, -0.1) is 12.4 Å². The van der Waals surface area contributed by atoms with Gasteiger partial charge in [0.05, 0.1) is 11.6 Å². The minimum atomic E-state index is 0. The number of aryl methyl sites for hydroxylation is 1. The molecule has 0 spiro atoms. The van der Waals surface area contributed by atoms with Crippen molar-refractivity contribution in [3.8, 4) is 0 Å². The number of pyridine rings is 1. The van der Waals surface area contributed by atoms with Gasteiger partial charge in [-0.2, -0.15) is 0 Å². The number of rotatable bonds is 3. The predicted octanol–water partition coefficient (Wildman–Crippen LogP) is 3.04. The number of hydrogen-bond donors (Lipinski definition) is 1. The largest absolute Gasteiger partial charge is 0.345 e. The molecule has 1 N–H and O–H groups in total. The molecule has 1 atom stereocenters. The quantitative estimate of drug-likeness (QED) is 0.915. The van der Waals surface area contributed by atoms with E-state index in [9.17, 15) is 4.79 Å². The molecular weight excluding hydrogens is 336 g/mol. The lowest BCUT2D eigenvalue weighted by molar-refractivity contribution is 0.0633. The molecule has 1 amide bonds. The van der Waals surface area contributed by atoms with Gasteiger partial charge in [-0.3, -0.25) is 9.78 Å². The molecule has 1 aliphatic carbocycles. The molecule has 1 saturated carbocycles. The van der Waals surface area contributed by atoms with E-state index in [1.807, 2.05) is 17.2 Å². The highest BCUT2D eigenvalue weighted by Crippen LogP contribution is 2.38. The maximum Gasteiger partial charge on any atom is 0.256 e. The standard InChI is InChI=1S/C19H24N4O.ClH/c1-13-10-17(14(2)23(13)16-5-6-16)19(24)22-9-8-21-12-18(22)15-4-3-7-20-11-15;/h3-4,7,10-11,16,18,21H,5-6,8-9,12H2,1-2H3;1H. The SMILES string of the molecule is Cc1cc(C(=O)N2CCNCC2c2cccnc2)c(C)n1C1CC1.Cl. The Hall–Kier alpha value is -1.85. The normalized spacial score (nSPS) is 20.2. The Morgan fingerprint density at radius 3 is 2.80 bits per heavy atom. The Labute approximate surface area is 154 Å². The van der Waals surface area contributed by atoms with Crippen LogP contribution in [-0.4, -0.2) is 40.0 Å². The van der Waals surface area contributed by atoms with Crippen LogP contribution in [0.5, 0.6) is 0 Å². The smallest absolute Gasteiger partial charge is 0.256 e. The lowest BCUT2D eigenvalue weighted by Gasteiger charge is -2.36. The van der Waals surface area contributed by atoms with Crippen molar-refractivity contribution in [3.05, 3.63) is 53.1 Å². The van der Waals surface area contributed by atoms with Crippen molar-refractivity contribution in [1.29, 1.82) is 0 Å². The molecule has 5 nitrogen and oxygen atoms in total. The number of nitrogens with zero attached hydrogens (tertiary/aromatic N) is 3. The van der Waals surface area contributed by atoms with Crippen LogP contribution in [0.2, 0.25) is 0 Å². The van der Waals surface area contributed by atoms with Gasteiger partial charge in [0, 0.05) is 49.5 Å². The number of amides is 1. The number of halogens is 1. The highest BCUT2D eigenvalue weighted by molar-refractivity contribution is 5.96. The van der Waals surface area contributed by atoms with Gasteiger partial charge < -0.3 is 14.8 Å². The fourth-order valence-corrected chi connectivity index (χ4v) is 3.86. The molecule has 1 unspecified atom stereocenters. The summed E-state index contributed by atoms with van der Waals surface area (Å²) in [6, 6.07) is 6.70. The molecule has 2 fully saturated rings. The van der Waals surface area contributed by atoms with E-state index >= 15 is 0 Å². The van der Waals surface area contributed by atoms with Crippen molar-refractivity contribution in [2.75, 3.05) is 19.6 Å². The monoisotopic (exact) mass is 360 g/mol. The second kappa shape index (κ2) is 7.18. The van der Waals surface area contributed by atoms with Gasteiger partial charge in [0.25, 0.3) is 5.91 Å². The summed E-state index contributed by atoms with van der Waals surface area (Å²) >= 11 is 0. The summed E-state index contributed by atoms with van der Waals surface area (Å²) in [5.41, 5.74) is 4.26. The van der Waals surface area contributed by atoms with E-state index in [-0.39, 0.29) is 24.4 Å². The Kier molecular flexibility index (Phi) is 5.16. The van der Waals surface area contributed by atoms with Crippen molar-refractivity contribution < 1.29 is 4.79 Å². The summed E-state index contributed by atoms with van der Waals surface area (Å²) in [5, 5.41) is 3.40. The summed E-state index contributed by atoms with van der Waals surface area (Å²) in [6.45, 7) is 6.53. The van der Waals surface area contributed by atoms with Gasteiger partial charge >= 0.3 is 0 Å². The van der Waals surface area contributed by atoms with E-state index in [1.54, 1.807) is 6.20 Å². The molecule has 0 aromatic carbocycles. The maximum absolute atomic E-state index is 13.3. The summed E-state index contributed by atoms with van der Waals surface area (Å²) in [6.07, 6.45) is 6.10. The molecule has 134 valence electrons. The molecule has 6 heteroatoms. The van der Waals surface area contributed by atoms with E-state index < -0.39 is 0 Å². The first-order valence-corrected chi connectivity index (χ1v) is 8.77. The first-order valence-electron chi connectivity index (χ1n) is 8.77. The average molecular weight is 361 g/mol. The fourth-order valence-electron chi connectivity index (χ4n) is 3.86. The van der Waals surface area contributed by atoms with Crippen molar-refractivity contribution in [3.63, 3.8) is 0 Å². The molecular formula is C19H25ClN4O. The van der Waals surface area contributed by atoms with Gasteiger partial charge in [0.1, 0.15) is 0 Å². The van der Waals surface area contributed by atoms with Crippen LogP contribution in [0, 0.1) is 13.8 Å². The van der Waals surface area contributed by atoms with Gasteiger partial charge in [-0.1, -0.05) is 6.07 Å². The highest BCUT2D eigenvalue weighted by Gasteiger charge is 2.33. The highest BCUT2D eigenvalue weighted by atomic mass is 35.5. The number of carbonyl (C=O) groups excluding carboxylic acids is 1. The average Bonchev–Trinajstić information content (AvgIpc) is 3.40. The topological polar surface area (TPSA) is 50.2 Å². The van der Waals surface area contributed by atoms with Crippen LogP contribution in [0.4, 0.5) is 0 Å². The molecule has 1 saturated heterocycles. The summed E-state index contributed by atoms with van der Waals surface area (Å²) < 4.78 is 2.34. The zero-order valence-electron chi connectivity index (χ0n) is 14.7. The van der Waals surface area contributed by atoms with Crippen LogP contribution in [0.25, 0.3) is 0 Å². The molecule has 25 heavy (non-hydrogen) atoms. The van der Waals surface area contributed by atoms with Crippen LogP contribution >= 0.6 is 12.4 Å². The third-order valence-corrected chi connectivity index (χ3v) is 5.20. The molecule has 4 rings (SSSR count). The number of nitrogens with one attached hydrogen (secondary N) is 1. The minimum absolute atomic E-state index is 0. The summed E-state index contributed by atoms with van der Waals surface area (Å²) in [4.78, 5) is 19.5. The molecule has 2 aromatic heterocycles. The lowest BCUT2D eigenvalue weighted by Crippen LogP contribution is -2.48. The Bertz CT molecular complexity index is 754. The molecule has 3 heterocycles. The number of hydrogen-bond acceptors (Lipinski definition) is 3. The Morgan fingerprint density at radius 2 is 2.12 bits per heavy atom. The van der Waals surface area contributed by atoms with Crippen LogP contribution in [0.3, 0.4) is 0 Å². The van der Waals surface area contributed by atoms with Crippen LogP contribution in [-0.2, 0) is 0 Å². The maximum atomic E-state index is 13.3. The van der Waals surface area contributed by atoms with E-state index in [0.717, 1.165) is 36.5 Å². The summed E-state index contributed by atoms with van der Waals surface area (Å²) in [5.74, 6) is 0.144. The van der Waals surface area contributed by atoms with Crippen LogP contribution in [0.1, 0.15) is 52.2 Å². The van der Waals surface area contributed by atoms with E-state index in [0.29, 0.717) is 6.04 Å². The molecule has 1 aliphatic heterocycles. The number of piperazine rings is 1. The van der Waals surface area contributed by atoms with E-state index in [4.69, 9.17) is 0 Å². The minimum Gasteiger partial charge on any atom is -0.345 e. The van der Waals surface area contributed by atoms with Crippen LogP contribution < -0.4 is 5.32 Å². The van der Waals surface area contributed by atoms with Crippen molar-refractivity contribution in [2.45, 2.75) is 38.8 Å². The zero-order valence-corrected chi connectivity index (χ0v) is 15.6. The van der Waals surface area contributed by atoms with E-state index in [2.05, 4.69) is 40.8 Å². The number of aromatic nitrogens is 2. The third-order valence-electron chi connectivity index (χ3n) is 5.20. The van der Waals surface area contributed by atoms with Crippen molar-refractivity contribution in [2.24, 2.45) is 0 Å². The molecule has 0 bridgehead atoms. The second-order valence-corrected chi connectivity index (χ2v) is 6.89.